The van der Waals surface area contributed by atoms with E-state index in [4.69, 9.17) is 0 Å². The minimum atomic E-state index is -0.0518. The fourth-order valence-corrected chi connectivity index (χ4v) is 8.14. The van der Waals surface area contributed by atoms with Gasteiger partial charge in [0.25, 0.3) is 0 Å². The maximum atomic E-state index is 13.1. The number of carbonyl (C=O) groups is 2. The monoisotopic (exact) mass is 538 g/mol. The summed E-state index contributed by atoms with van der Waals surface area (Å²) in [5.41, 5.74) is 4.47. The van der Waals surface area contributed by atoms with Gasteiger partial charge in [-0.25, -0.2) is 0 Å². The quantitative estimate of drug-likeness (QED) is 0.439. The molecular weight excluding hydrogens is 492 g/mol. The zero-order valence-corrected chi connectivity index (χ0v) is 24.2. The largest absolute Gasteiger partial charge is 0.303 e. The Kier molecular flexibility index (Phi) is 7.20. The van der Waals surface area contributed by atoms with Gasteiger partial charge in [-0.05, 0) is 126 Å². The first-order valence-corrected chi connectivity index (χ1v) is 16.2. The lowest BCUT2D eigenvalue weighted by atomic mass is 9.71. The first-order chi connectivity index (χ1) is 19.5. The number of aryl methyl sites for hydroxylation is 1. The summed E-state index contributed by atoms with van der Waals surface area (Å²) < 4.78 is 0. The predicted molar refractivity (Wildman–Crippen MR) is 160 cm³/mol. The van der Waals surface area contributed by atoms with Gasteiger partial charge in [0.1, 0.15) is 0 Å². The standard InChI is InChI=1S/C19H25NO.C17H21NO/c21-18-17-6-2-1-4-16(17)5-3-9-19(18)10-12-20(13-11-19)14-15-7-8-15;19-16-15-4-2-1-3-14(15)11-17(16)7-9-18(10-8-17)12-13-5-6-13/h1-2,4,6,15H,3,5,7-14H2;1-4,13H,5-12H2. The molecule has 2 aliphatic heterocycles. The normalized spacial score (nSPS) is 25.7. The van der Waals surface area contributed by atoms with E-state index in [-0.39, 0.29) is 10.8 Å². The summed E-state index contributed by atoms with van der Waals surface area (Å²) >= 11 is 0. The number of fused-ring (bicyclic) bond motifs is 2. The second-order valence-corrected chi connectivity index (χ2v) is 14.1. The van der Waals surface area contributed by atoms with Gasteiger partial charge in [0, 0.05) is 35.0 Å². The van der Waals surface area contributed by atoms with E-state index in [9.17, 15) is 9.59 Å². The minimum absolute atomic E-state index is 0.0490. The molecule has 0 atom stereocenters. The number of nitrogens with zero attached hydrogens (tertiary/aromatic N) is 2. The van der Waals surface area contributed by atoms with E-state index < -0.39 is 0 Å². The molecule has 2 saturated carbocycles. The molecule has 6 aliphatic rings. The maximum absolute atomic E-state index is 13.1. The highest BCUT2D eigenvalue weighted by atomic mass is 16.1. The van der Waals surface area contributed by atoms with Gasteiger partial charge in [-0.2, -0.15) is 0 Å². The number of benzene rings is 2. The van der Waals surface area contributed by atoms with Gasteiger partial charge in [0.15, 0.2) is 11.6 Å². The molecule has 4 nitrogen and oxygen atoms in total. The van der Waals surface area contributed by atoms with E-state index in [0.29, 0.717) is 11.6 Å². The molecule has 4 heteroatoms. The van der Waals surface area contributed by atoms with Crippen molar-refractivity contribution in [2.75, 3.05) is 39.3 Å². The van der Waals surface area contributed by atoms with E-state index in [1.54, 1.807) is 0 Å². The van der Waals surface area contributed by atoms with Crippen LogP contribution in [-0.4, -0.2) is 60.6 Å². The van der Waals surface area contributed by atoms with Crippen molar-refractivity contribution >= 4 is 11.6 Å². The van der Waals surface area contributed by atoms with Gasteiger partial charge >= 0.3 is 0 Å². The molecule has 0 aromatic heterocycles. The number of carbonyl (C=O) groups excluding carboxylic acids is 2. The van der Waals surface area contributed by atoms with Crippen molar-refractivity contribution in [2.24, 2.45) is 22.7 Å². The molecule has 4 aliphatic carbocycles. The highest BCUT2D eigenvalue weighted by Gasteiger charge is 2.47. The fourth-order valence-electron chi connectivity index (χ4n) is 8.14. The third-order valence-corrected chi connectivity index (χ3v) is 11.2. The lowest BCUT2D eigenvalue weighted by molar-refractivity contribution is 0.0561. The summed E-state index contributed by atoms with van der Waals surface area (Å²) in [6, 6.07) is 16.5. The maximum Gasteiger partial charge on any atom is 0.169 e. The molecule has 2 heterocycles. The van der Waals surface area contributed by atoms with Crippen LogP contribution in [0.25, 0.3) is 0 Å². The smallest absolute Gasteiger partial charge is 0.169 e. The Bertz CT molecular complexity index is 1240. The Morgan fingerprint density at radius 2 is 1.07 bits per heavy atom. The van der Waals surface area contributed by atoms with Crippen molar-refractivity contribution in [1.29, 1.82) is 0 Å². The number of rotatable bonds is 4. The first-order valence-electron chi connectivity index (χ1n) is 16.2. The van der Waals surface area contributed by atoms with Gasteiger partial charge < -0.3 is 9.80 Å². The molecule has 4 fully saturated rings. The Hall–Kier alpha value is -2.30. The number of Topliss-reactive ketones (excluding diaryl/α,β-unsaturated/α-hetero) is 2. The number of piperidine rings is 2. The number of hydrogen-bond acceptors (Lipinski definition) is 4. The van der Waals surface area contributed by atoms with Gasteiger partial charge in [-0.15, -0.1) is 0 Å². The van der Waals surface area contributed by atoms with Crippen LogP contribution in [0.2, 0.25) is 0 Å². The molecule has 2 aromatic rings. The van der Waals surface area contributed by atoms with Crippen LogP contribution in [0, 0.1) is 22.7 Å². The Morgan fingerprint density at radius 1 is 0.600 bits per heavy atom. The summed E-state index contributed by atoms with van der Waals surface area (Å²) in [5, 5.41) is 0. The third kappa shape index (κ3) is 5.34. The van der Waals surface area contributed by atoms with Gasteiger partial charge in [0.2, 0.25) is 0 Å². The van der Waals surface area contributed by atoms with E-state index in [2.05, 4.69) is 40.1 Å². The van der Waals surface area contributed by atoms with Crippen LogP contribution in [0.5, 0.6) is 0 Å². The van der Waals surface area contributed by atoms with Crippen molar-refractivity contribution < 1.29 is 9.59 Å². The summed E-state index contributed by atoms with van der Waals surface area (Å²) in [6.07, 6.45) is 14.3. The van der Waals surface area contributed by atoms with Crippen LogP contribution in [0.4, 0.5) is 0 Å². The Labute approximate surface area is 240 Å². The first kappa shape index (κ1) is 26.6. The second-order valence-electron chi connectivity index (χ2n) is 14.1. The number of likely N-dealkylation sites (tertiary alicyclic amines) is 2. The molecular formula is C36H46N2O2. The average Bonchev–Trinajstić information content (AvgIpc) is 3.92. The number of ketones is 2. The Balaban J connectivity index is 0.000000133. The second kappa shape index (κ2) is 10.8. The van der Waals surface area contributed by atoms with E-state index in [1.165, 1.54) is 56.3 Å². The summed E-state index contributed by atoms with van der Waals surface area (Å²) in [6.45, 7) is 7.05. The van der Waals surface area contributed by atoms with Crippen LogP contribution in [-0.2, 0) is 12.8 Å². The average molecular weight is 539 g/mol. The van der Waals surface area contributed by atoms with Crippen molar-refractivity contribution in [2.45, 2.75) is 77.0 Å². The van der Waals surface area contributed by atoms with Gasteiger partial charge in [-0.1, -0.05) is 48.5 Å². The fraction of sp³-hybridized carbons (Fsp3) is 0.611. The SMILES string of the molecule is O=C1c2ccccc2CC12CCN(CC1CC1)CC2.O=C1c2ccccc2CCCC12CCN(CC1CC1)CC2. The molecule has 0 amide bonds. The highest BCUT2D eigenvalue weighted by Crippen LogP contribution is 2.45. The van der Waals surface area contributed by atoms with Crippen molar-refractivity contribution in [3.63, 3.8) is 0 Å². The lowest BCUT2D eigenvalue weighted by Crippen LogP contribution is -2.44. The summed E-state index contributed by atoms with van der Waals surface area (Å²) in [5.74, 6) is 2.80. The molecule has 2 aromatic carbocycles. The number of hydrogen-bond donors (Lipinski definition) is 0. The molecule has 212 valence electrons. The van der Waals surface area contributed by atoms with Crippen molar-refractivity contribution in [3.05, 3.63) is 70.8 Å². The van der Waals surface area contributed by atoms with Gasteiger partial charge in [-0.3, -0.25) is 9.59 Å². The Morgan fingerprint density at radius 3 is 1.62 bits per heavy atom. The lowest BCUT2D eigenvalue weighted by Gasteiger charge is -2.40. The van der Waals surface area contributed by atoms with Crippen LogP contribution in [0.3, 0.4) is 0 Å². The molecule has 8 rings (SSSR count). The molecule has 0 N–H and O–H groups in total. The van der Waals surface area contributed by atoms with Crippen LogP contribution < -0.4 is 0 Å². The highest BCUT2D eigenvalue weighted by molar-refractivity contribution is 6.05. The molecule has 0 bridgehead atoms. The summed E-state index contributed by atoms with van der Waals surface area (Å²) in [7, 11) is 0. The van der Waals surface area contributed by atoms with E-state index in [0.717, 1.165) is 94.1 Å². The van der Waals surface area contributed by atoms with Crippen molar-refractivity contribution in [3.8, 4) is 0 Å². The van der Waals surface area contributed by atoms with E-state index in [1.807, 2.05) is 18.2 Å². The third-order valence-electron chi connectivity index (χ3n) is 11.2. The van der Waals surface area contributed by atoms with Gasteiger partial charge in [0.05, 0.1) is 0 Å². The summed E-state index contributed by atoms with van der Waals surface area (Å²) in [4.78, 5) is 31.0. The molecule has 0 unspecified atom stereocenters. The zero-order chi connectivity index (χ0) is 27.2. The molecule has 0 radical (unpaired) electrons. The molecule has 40 heavy (non-hydrogen) atoms. The van der Waals surface area contributed by atoms with Crippen molar-refractivity contribution in [1.82, 2.24) is 9.80 Å². The topological polar surface area (TPSA) is 40.6 Å². The van der Waals surface area contributed by atoms with Crippen LogP contribution in [0.15, 0.2) is 48.5 Å². The van der Waals surface area contributed by atoms with Crippen LogP contribution >= 0.6 is 0 Å². The predicted octanol–water partition coefficient (Wildman–Crippen LogP) is 6.62. The van der Waals surface area contributed by atoms with Crippen LogP contribution in [0.1, 0.15) is 96.1 Å². The molecule has 2 spiro atoms. The van der Waals surface area contributed by atoms with E-state index >= 15 is 0 Å². The molecule has 2 saturated heterocycles. The minimum Gasteiger partial charge on any atom is -0.303 e. The zero-order valence-electron chi connectivity index (χ0n) is 24.2.